The topological polar surface area (TPSA) is 7.76 Å². The zero-order valence-corrected chi connectivity index (χ0v) is 18.2. The molecule has 6 rings (SSSR count). The van der Waals surface area contributed by atoms with Crippen molar-refractivity contribution in [1.29, 1.82) is 0 Å². The molecule has 2 aromatic heterocycles. The molecular formula is C29H26N2+2. The van der Waals surface area contributed by atoms with Crippen LogP contribution in [0.5, 0.6) is 0 Å². The average Bonchev–Trinajstić information content (AvgIpc) is 2.75. The van der Waals surface area contributed by atoms with E-state index in [4.69, 9.17) is 0 Å². The van der Waals surface area contributed by atoms with Crippen LogP contribution in [0.15, 0.2) is 91.3 Å². The fraction of sp³-hybridized carbons (Fsp3) is 0.172. The fourth-order valence-corrected chi connectivity index (χ4v) is 5.32. The molecule has 2 aliphatic rings. The van der Waals surface area contributed by atoms with Gasteiger partial charge in [-0.15, -0.1) is 0 Å². The SMILES string of the molecule is Cc1ccc(-c2cc(C)cc[n+]2C2=CC3c4ccccc4-c4cccc[n+]4C23)c(C)c1. The lowest BCUT2D eigenvalue weighted by Crippen LogP contribution is -2.57. The molecule has 4 aromatic rings. The van der Waals surface area contributed by atoms with Crippen LogP contribution in [0.4, 0.5) is 0 Å². The lowest BCUT2D eigenvalue weighted by atomic mass is 9.74. The third-order valence-electron chi connectivity index (χ3n) is 6.83. The molecular weight excluding hydrogens is 376 g/mol. The van der Waals surface area contributed by atoms with Gasteiger partial charge in [0.15, 0.2) is 12.4 Å². The van der Waals surface area contributed by atoms with Crippen LogP contribution in [0.3, 0.4) is 0 Å². The van der Waals surface area contributed by atoms with Gasteiger partial charge < -0.3 is 0 Å². The minimum Gasteiger partial charge on any atom is -0.184 e. The fourth-order valence-electron chi connectivity index (χ4n) is 5.32. The summed E-state index contributed by atoms with van der Waals surface area (Å²) in [5.41, 5.74) is 11.9. The van der Waals surface area contributed by atoms with Gasteiger partial charge in [0.05, 0.1) is 11.5 Å². The first kappa shape index (κ1) is 18.3. The molecule has 0 fully saturated rings. The maximum absolute atomic E-state index is 2.46. The molecule has 2 heteroatoms. The number of aromatic nitrogens is 2. The Morgan fingerprint density at radius 2 is 1.48 bits per heavy atom. The molecule has 0 amide bonds. The molecule has 2 unspecified atom stereocenters. The van der Waals surface area contributed by atoms with Crippen molar-refractivity contribution < 1.29 is 9.13 Å². The maximum atomic E-state index is 2.46. The van der Waals surface area contributed by atoms with Crippen molar-refractivity contribution in [2.45, 2.75) is 32.7 Å². The van der Waals surface area contributed by atoms with Crippen LogP contribution in [-0.4, -0.2) is 0 Å². The molecule has 2 aromatic carbocycles. The Morgan fingerprint density at radius 3 is 2.35 bits per heavy atom. The van der Waals surface area contributed by atoms with E-state index in [9.17, 15) is 0 Å². The largest absolute Gasteiger partial charge is 0.254 e. The molecule has 0 radical (unpaired) electrons. The van der Waals surface area contributed by atoms with Gasteiger partial charge >= 0.3 is 0 Å². The Balaban J connectivity index is 1.56. The first-order valence-electron chi connectivity index (χ1n) is 11.0. The molecule has 150 valence electrons. The van der Waals surface area contributed by atoms with E-state index in [-0.39, 0.29) is 0 Å². The summed E-state index contributed by atoms with van der Waals surface area (Å²) in [6.45, 7) is 6.55. The lowest BCUT2D eigenvalue weighted by molar-refractivity contribution is -0.731. The highest BCUT2D eigenvalue weighted by atomic mass is 15.1. The Bertz CT molecular complexity index is 1380. The third kappa shape index (κ3) is 2.71. The molecule has 1 aliphatic carbocycles. The van der Waals surface area contributed by atoms with E-state index in [0.717, 1.165) is 0 Å². The quantitative estimate of drug-likeness (QED) is 0.379. The van der Waals surface area contributed by atoms with Crippen molar-refractivity contribution in [3.8, 4) is 22.5 Å². The highest BCUT2D eigenvalue weighted by Crippen LogP contribution is 2.48. The van der Waals surface area contributed by atoms with E-state index >= 15 is 0 Å². The second-order valence-electron chi connectivity index (χ2n) is 8.92. The second kappa shape index (κ2) is 6.75. The average molecular weight is 403 g/mol. The molecule has 0 bridgehead atoms. The summed E-state index contributed by atoms with van der Waals surface area (Å²) in [5.74, 6) is 0.409. The summed E-state index contributed by atoms with van der Waals surface area (Å²) in [5, 5.41) is 0. The number of nitrogens with zero attached hydrogens (tertiary/aromatic N) is 2. The number of hydrogen-bond donors (Lipinski definition) is 0. The van der Waals surface area contributed by atoms with E-state index in [1.165, 1.54) is 50.5 Å². The van der Waals surface area contributed by atoms with Gasteiger partial charge in [-0.25, -0.2) is 0 Å². The minimum absolute atomic E-state index is 0.309. The molecule has 2 atom stereocenters. The predicted octanol–water partition coefficient (Wildman–Crippen LogP) is 5.71. The van der Waals surface area contributed by atoms with E-state index in [2.05, 4.69) is 121 Å². The summed E-state index contributed by atoms with van der Waals surface area (Å²) in [6.07, 6.45) is 6.94. The summed E-state index contributed by atoms with van der Waals surface area (Å²) < 4.78 is 4.87. The molecule has 0 saturated carbocycles. The summed E-state index contributed by atoms with van der Waals surface area (Å²) >= 11 is 0. The molecule has 0 spiro atoms. The molecule has 2 nitrogen and oxygen atoms in total. The molecule has 0 saturated heterocycles. The van der Waals surface area contributed by atoms with E-state index in [1.807, 2.05) is 0 Å². The van der Waals surface area contributed by atoms with Gasteiger partial charge in [0.1, 0.15) is 0 Å². The highest BCUT2D eigenvalue weighted by molar-refractivity contribution is 5.71. The van der Waals surface area contributed by atoms with Crippen molar-refractivity contribution in [3.05, 3.63) is 114 Å². The Kier molecular flexibility index (Phi) is 3.97. The first-order valence-corrected chi connectivity index (χ1v) is 11.0. The predicted molar refractivity (Wildman–Crippen MR) is 124 cm³/mol. The zero-order chi connectivity index (χ0) is 21.1. The van der Waals surface area contributed by atoms with E-state index in [1.54, 1.807) is 0 Å². The van der Waals surface area contributed by atoms with Gasteiger partial charge in [-0.05, 0) is 55.7 Å². The zero-order valence-electron chi connectivity index (χ0n) is 18.2. The Hall–Kier alpha value is -3.52. The van der Waals surface area contributed by atoms with Gasteiger partial charge in [0.2, 0.25) is 11.4 Å². The smallest absolute Gasteiger partial charge is 0.184 e. The molecule has 1 aliphatic heterocycles. The number of pyridine rings is 2. The molecule has 3 heterocycles. The van der Waals surface area contributed by atoms with Crippen LogP contribution in [0.25, 0.3) is 28.2 Å². The highest BCUT2D eigenvalue weighted by Gasteiger charge is 2.53. The van der Waals surface area contributed by atoms with Crippen LogP contribution < -0.4 is 9.13 Å². The Labute approximate surface area is 183 Å². The third-order valence-corrected chi connectivity index (χ3v) is 6.83. The number of aryl methyl sites for hydroxylation is 3. The Morgan fingerprint density at radius 1 is 0.677 bits per heavy atom. The van der Waals surface area contributed by atoms with Gasteiger partial charge in [0.25, 0.3) is 11.7 Å². The first-order chi connectivity index (χ1) is 15.1. The summed E-state index contributed by atoms with van der Waals surface area (Å²) in [6, 6.07) is 27.0. The number of hydrogen-bond acceptors (Lipinski definition) is 0. The normalized spacial score (nSPS) is 18.4. The van der Waals surface area contributed by atoms with Gasteiger partial charge in [-0.1, -0.05) is 35.9 Å². The van der Waals surface area contributed by atoms with Crippen LogP contribution in [0.2, 0.25) is 0 Å². The van der Waals surface area contributed by atoms with Crippen molar-refractivity contribution in [2.24, 2.45) is 0 Å². The number of benzene rings is 2. The standard InChI is InChI=1S/C29H26N2/c1-19-11-12-22(21(3)16-19)27-17-20(2)13-15-30(27)28-18-25-23-8-4-5-9-24(23)26-10-6-7-14-31(26)29(25)28/h4-18,25,29H,1-3H3/q+2. The monoisotopic (exact) mass is 402 g/mol. The van der Waals surface area contributed by atoms with E-state index < -0.39 is 0 Å². The number of rotatable bonds is 2. The minimum atomic E-state index is 0.309. The molecule has 31 heavy (non-hydrogen) atoms. The summed E-state index contributed by atoms with van der Waals surface area (Å²) in [7, 11) is 0. The maximum Gasteiger partial charge on any atom is 0.254 e. The van der Waals surface area contributed by atoms with E-state index in [0.29, 0.717) is 12.0 Å². The second-order valence-corrected chi connectivity index (χ2v) is 8.92. The van der Waals surface area contributed by atoms with Gasteiger partial charge in [0, 0.05) is 35.9 Å². The lowest BCUT2D eigenvalue weighted by Gasteiger charge is -2.33. The van der Waals surface area contributed by atoms with Crippen LogP contribution in [-0.2, 0) is 0 Å². The number of allylic oxidation sites excluding steroid dienone is 2. The molecule has 0 N–H and O–H groups in total. The van der Waals surface area contributed by atoms with Crippen molar-refractivity contribution >= 4 is 5.70 Å². The number of fused-ring (bicyclic) bond motifs is 6. The van der Waals surface area contributed by atoms with Crippen LogP contribution in [0.1, 0.15) is 34.2 Å². The van der Waals surface area contributed by atoms with Gasteiger partial charge in [-0.3, -0.25) is 0 Å². The van der Waals surface area contributed by atoms with Gasteiger partial charge in [-0.2, -0.15) is 9.13 Å². The van der Waals surface area contributed by atoms with Crippen molar-refractivity contribution in [3.63, 3.8) is 0 Å². The van der Waals surface area contributed by atoms with Crippen LogP contribution in [0, 0.1) is 20.8 Å². The van der Waals surface area contributed by atoms with Crippen molar-refractivity contribution in [1.82, 2.24) is 0 Å². The van der Waals surface area contributed by atoms with Crippen LogP contribution >= 0.6 is 0 Å². The summed E-state index contributed by atoms with van der Waals surface area (Å²) in [4.78, 5) is 0. The van der Waals surface area contributed by atoms with Crippen molar-refractivity contribution in [2.75, 3.05) is 0 Å².